The molecule has 2 N–H and O–H groups in total. The highest BCUT2D eigenvalue weighted by Gasteiger charge is 2.20. The lowest BCUT2D eigenvalue weighted by molar-refractivity contribution is 0.761. The average Bonchev–Trinajstić information content (AvgIpc) is 2.83. The predicted octanol–water partition coefficient (Wildman–Crippen LogP) is 3.00. The Labute approximate surface area is 109 Å². The molecule has 2 heterocycles. The topological polar surface area (TPSA) is 55.0 Å². The van der Waals surface area contributed by atoms with Crippen LogP contribution in [0.1, 0.15) is 18.9 Å². The minimum absolute atomic E-state index is 0.410. The third kappa shape index (κ3) is 2.28. The largest absolute Gasteiger partial charge is 0.382 e. The summed E-state index contributed by atoms with van der Waals surface area (Å²) < 4.78 is 4.25. The van der Waals surface area contributed by atoms with Crippen molar-refractivity contribution in [3.05, 3.63) is 10.4 Å². The van der Waals surface area contributed by atoms with E-state index in [1.165, 1.54) is 11.5 Å². The molecule has 4 nitrogen and oxygen atoms in total. The Hall–Kier alpha value is -1.14. The summed E-state index contributed by atoms with van der Waals surface area (Å²) in [4.78, 5) is 6.67. The summed E-state index contributed by atoms with van der Waals surface area (Å²) in [6.07, 6.45) is 0. The number of anilines is 2. The summed E-state index contributed by atoms with van der Waals surface area (Å²) in [5, 5.41) is 4.17. The zero-order valence-electron chi connectivity index (χ0n) is 10.4. The van der Waals surface area contributed by atoms with Crippen molar-refractivity contribution in [2.75, 3.05) is 17.7 Å². The van der Waals surface area contributed by atoms with Gasteiger partial charge in [0.2, 0.25) is 0 Å². The van der Waals surface area contributed by atoms with Crippen molar-refractivity contribution in [3.63, 3.8) is 0 Å². The number of hydrogen-bond acceptors (Lipinski definition) is 6. The van der Waals surface area contributed by atoms with Gasteiger partial charge < -0.3 is 10.6 Å². The van der Waals surface area contributed by atoms with Crippen LogP contribution in [0.25, 0.3) is 11.3 Å². The van der Waals surface area contributed by atoms with Gasteiger partial charge in [-0.05, 0) is 32.3 Å². The zero-order chi connectivity index (χ0) is 12.6. The van der Waals surface area contributed by atoms with Crippen LogP contribution in [0.2, 0.25) is 0 Å². The van der Waals surface area contributed by atoms with Crippen LogP contribution in [-0.4, -0.2) is 22.4 Å². The van der Waals surface area contributed by atoms with Crippen LogP contribution in [0.5, 0.6) is 0 Å². The second-order valence-corrected chi connectivity index (χ2v) is 6.02. The van der Waals surface area contributed by atoms with Gasteiger partial charge in [0, 0.05) is 18.5 Å². The van der Waals surface area contributed by atoms with Crippen molar-refractivity contribution < 1.29 is 0 Å². The summed E-state index contributed by atoms with van der Waals surface area (Å²) in [6, 6.07) is 0.410. The molecule has 0 fully saturated rings. The third-order valence-electron chi connectivity index (χ3n) is 2.67. The molecule has 92 valence electrons. The van der Waals surface area contributed by atoms with Crippen molar-refractivity contribution in [2.24, 2.45) is 0 Å². The van der Waals surface area contributed by atoms with Crippen LogP contribution in [0, 0.1) is 6.92 Å². The first-order chi connectivity index (χ1) is 8.00. The van der Waals surface area contributed by atoms with Crippen LogP contribution in [0.4, 0.5) is 10.8 Å². The Morgan fingerprint density at radius 2 is 2.12 bits per heavy atom. The number of nitrogen functional groups attached to an aromatic ring is 1. The number of aromatic nitrogens is 2. The molecule has 0 bridgehead atoms. The van der Waals surface area contributed by atoms with E-state index in [2.05, 4.69) is 35.2 Å². The molecule has 0 unspecified atom stereocenters. The molecule has 0 atom stereocenters. The Balaban J connectivity index is 2.50. The van der Waals surface area contributed by atoms with E-state index in [1.54, 1.807) is 11.3 Å². The summed E-state index contributed by atoms with van der Waals surface area (Å²) in [5.41, 5.74) is 7.86. The van der Waals surface area contributed by atoms with E-state index in [9.17, 15) is 0 Å². The first-order valence-electron chi connectivity index (χ1n) is 5.41. The van der Waals surface area contributed by atoms with Gasteiger partial charge in [-0.15, -0.1) is 11.3 Å². The van der Waals surface area contributed by atoms with Crippen LogP contribution < -0.4 is 10.6 Å². The quantitative estimate of drug-likeness (QED) is 0.929. The fourth-order valence-electron chi connectivity index (χ4n) is 1.49. The highest BCUT2D eigenvalue weighted by atomic mass is 32.1. The van der Waals surface area contributed by atoms with Gasteiger partial charge in [0.05, 0.1) is 16.3 Å². The van der Waals surface area contributed by atoms with Crippen molar-refractivity contribution in [1.82, 2.24) is 9.36 Å². The summed E-state index contributed by atoms with van der Waals surface area (Å²) in [7, 11) is 2.06. The smallest absolute Gasteiger partial charge is 0.148 e. The highest BCUT2D eigenvalue weighted by molar-refractivity contribution is 7.11. The Kier molecular flexibility index (Phi) is 3.35. The first kappa shape index (κ1) is 12.3. The molecule has 0 aliphatic heterocycles. The Morgan fingerprint density at radius 3 is 2.65 bits per heavy atom. The van der Waals surface area contributed by atoms with E-state index in [0.717, 1.165) is 21.3 Å². The average molecular weight is 268 g/mol. The molecule has 0 spiro atoms. The molecular weight excluding hydrogens is 252 g/mol. The van der Waals surface area contributed by atoms with E-state index in [0.29, 0.717) is 11.9 Å². The van der Waals surface area contributed by atoms with Gasteiger partial charge in [-0.1, -0.05) is 0 Å². The Morgan fingerprint density at radius 1 is 1.41 bits per heavy atom. The third-order valence-corrected chi connectivity index (χ3v) is 4.40. The molecule has 2 rings (SSSR count). The van der Waals surface area contributed by atoms with E-state index in [1.807, 2.05) is 12.3 Å². The minimum Gasteiger partial charge on any atom is -0.382 e. The van der Waals surface area contributed by atoms with Gasteiger partial charge in [0.15, 0.2) is 0 Å². The van der Waals surface area contributed by atoms with Crippen molar-refractivity contribution in [3.8, 4) is 11.3 Å². The lowest BCUT2D eigenvalue weighted by atomic mass is 10.2. The number of hydrogen-bond donors (Lipinski definition) is 1. The van der Waals surface area contributed by atoms with E-state index >= 15 is 0 Å². The van der Waals surface area contributed by atoms with Crippen LogP contribution >= 0.6 is 22.9 Å². The monoisotopic (exact) mass is 268 g/mol. The molecule has 0 aromatic carbocycles. The maximum Gasteiger partial charge on any atom is 0.148 e. The van der Waals surface area contributed by atoms with Crippen molar-refractivity contribution in [2.45, 2.75) is 26.8 Å². The highest BCUT2D eigenvalue weighted by Crippen LogP contribution is 2.39. The van der Waals surface area contributed by atoms with Gasteiger partial charge in [-0.3, -0.25) is 0 Å². The second kappa shape index (κ2) is 4.62. The molecule has 2 aromatic heterocycles. The lowest BCUT2D eigenvalue weighted by Gasteiger charge is -2.22. The molecule has 0 saturated heterocycles. The van der Waals surface area contributed by atoms with E-state index < -0.39 is 0 Å². The summed E-state index contributed by atoms with van der Waals surface area (Å²) in [6.45, 7) is 6.29. The SMILES string of the molecule is Cc1nc(-c2c(N)nsc2N(C)C(C)C)cs1. The zero-order valence-corrected chi connectivity index (χ0v) is 12.0. The normalized spacial score (nSPS) is 11.1. The van der Waals surface area contributed by atoms with Gasteiger partial charge >= 0.3 is 0 Å². The van der Waals surface area contributed by atoms with E-state index in [4.69, 9.17) is 5.73 Å². The molecule has 0 radical (unpaired) electrons. The summed E-state index contributed by atoms with van der Waals surface area (Å²) in [5.74, 6) is 0.572. The fraction of sp³-hybridized carbons (Fsp3) is 0.455. The predicted molar refractivity (Wildman–Crippen MR) is 75.9 cm³/mol. The molecule has 0 aliphatic carbocycles. The summed E-state index contributed by atoms with van der Waals surface area (Å²) >= 11 is 3.06. The van der Waals surface area contributed by atoms with Gasteiger partial charge in [-0.25, -0.2) is 4.98 Å². The van der Waals surface area contributed by atoms with E-state index in [-0.39, 0.29) is 0 Å². The molecule has 0 saturated carbocycles. The van der Waals surface area contributed by atoms with Crippen LogP contribution in [0.3, 0.4) is 0 Å². The Bertz CT molecular complexity index is 515. The molecule has 17 heavy (non-hydrogen) atoms. The molecule has 6 heteroatoms. The number of nitrogens with two attached hydrogens (primary N) is 1. The second-order valence-electron chi connectivity index (χ2n) is 4.20. The number of aryl methyl sites for hydroxylation is 1. The maximum absolute atomic E-state index is 5.96. The first-order valence-corrected chi connectivity index (χ1v) is 7.06. The number of rotatable bonds is 3. The van der Waals surface area contributed by atoms with Crippen LogP contribution in [-0.2, 0) is 0 Å². The van der Waals surface area contributed by atoms with Crippen molar-refractivity contribution >= 4 is 33.7 Å². The molecule has 2 aromatic rings. The van der Waals surface area contributed by atoms with Gasteiger partial charge in [0.1, 0.15) is 10.8 Å². The number of nitrogens with zero attached hydrogens (tertiary/aromatic N) is 3. The van der Waals surface area contributed by atoms with Gasteiger partial charge in [0.25, 0.3) is 0 Å². The fourth-order valence-corrected chi connectivity index (χ4v) is 3.01. The van der Waals surface area contributed by atoms with Gasteiger partial charge in [-0.2, -0.15) is 4.37 Å². The molecule has 0 amide bonds. The minimum atomic E-state index is 0.410. The molecular formula is C11H16N4S2. The van der Waals surface area contributed by atoms with Crippen molar-refractivity contribution in [1.29, 1.82) is 0 Å². The van der Waals surface area contributed by atoms with Crippen LogP contribution in [0.15, 0.2) is 5.38 Å². The number of thiazole rings is 1. The molecule has 0 aliphatic rings. The lowest BCUT2D eigenvalue weighted by Crippen LogP contribution is -2.25. The maximum atomic E-state index is 5.96. The standard InChI is InChI=1S/C11H16N4S2/c1-6(2)15(4)11-9(10(12)14-17-11)8-5-16-7(3)13-8/h5-6H,1-4H3,(H2,12,14).